The number of nitrogens with one attached hydrogen (secondary N) is 2. The average Bonchev–Trinajstić information content (AvgIpc) is 2.61. The zero-order valence-electron chi connectivity index (χ0n) is 14.7. The van der Waals surface area contributed by atoms with Crippen LogP contribution in [0.25, 0.3) is 0 Å². The summed E-state index contributed by atoms with van der Waals surface area (Å²) in [6.45, 7) is 2.01. The van der Waals surface area contributed by atoms with Gasteiger partial charge in [0.25, 0.3) is 0 Å². The Morgan fingerprint density at radius 2 is 2.12 bits per heavy atom. The van der Waals surface area contributed by atoms with Crippen molar-refractivity contribution in [2.75, 3.05) is 25.5 Å². The molecule has 1 saturated carbocycles. The van der Waals surface area contributed by atoms with Crippen molar-refractivity contribution in [1.29, 1.82) is 0 Å². The Morgan fingerprint density at radius 1 is 1.36 bits per heavy atom. The van der Waals surface area contributed by atoms with Gasteiger partial charge < -0.3 is 15.5 Å². The molecule has 1 aliphatic heterocycles. The summed E-state index contributed by atoms with van der Waals surface area (Å²) in [5, 5.41) is 6.66. The van der Waals surface area contributed by atoms with Crippen LogP contribution in [0.2, 0.25) is 5.02 Å². The molecule has 6 heteroatoms. The van der Waals surface area contributed by atoms with E-state index >= 15 is 0 Å². The normalized spacial score (nSPS) is 21.7. The van der Waals surface area contributed by atoms with Crippen LogP contribution in [0.15, 0.2) is 18.2 Å². The van der Waals surface area contributed by atoms with E-state index in [0.717, 1.165) is 45.2 Å². The molecular weight excluding hydrogens is 341 g/mol. The fourth-order valence-electron chi connectivity index (χ4n) is 3.70. The van der Waals surface area contributed by atoms with Crippen molar-refractivity contribution >= 4 is 23.2 Å². The van der Waals surface area contributed by atoms with Crippen LogP contribution in [-0.4, -0.2) is 42.5 Å². The van der Waals surface area contributed by atoms with Crippen LogP contribution < -0.4 is 10.6 Å². The number of hydrogen-bond acceptors (Lipinski definition) is 3. The smallest absolute Gasteiger partial charge is 0.245 e. The topological polar surface area (TPSA) is 44.4 Å². The van der Waals surface area contributed by atoms with E-state index in [1.807, 2.05) is 0 Å². The van der Waals surface area contributed by atoms with Crippen molar-refractivity contribution in [1.82, 2.24) is 10.2 Å². The number of piperidine rings is 1. The maximum atomic E-state index is 13.4. The van der Waals surface area contributed by atoms with E-state index < -0.39 is 11.4 Å². The van der Waals surface area contributed by atoms with E-state index in [4.69, 9.17) is 11.6 Å². The van der Waals surface area contributed by atoms with Gasteiger partial charge in [-0.2, -0.15) is 0 Å². The standard InChI is InChI=1S/C19H26ClFN3O/c1-24-11-7-14(8-12-24)22-18(25)19(9-3-2-4-10-19)23-15-5-6-17(21)16(20)13-15/h3,5-6,13-14,23H,2,4,7-12H2,1H3,(H,22,25). The van der Waals surface area contributed by atoms with Crippen molar-refractivity contribution in [2.24, 2.45) is 0 Å². The number of hydrogen-bond donors (Lipinski definition) is 2. The quantitative estimate of drug-likeness (QED) is 0.855. The van der Waals surface area contributed by atoms with E-state index in [9.17, 15) is 9.18 Å². The summed E-state index contributed by atoms with van der Waals surface area (Å²) >= 11 is 5.90. The lowest BCUT2D eigenvalue weighted by atomic mass is 9.80. The predicted octanol–water partition coefficient (Wildman–Crippen LogP) is 3.62. The molecule has 4 nitrogen and oxygen atoms in total. The fraction of sp³-hybridized carbons (Fsp3) is 0.579. The minimum absolute atomic E-state index is 0.0402. The molecule has 1 aromatic rings. The van der Waals surface area contributed by atoms with Gasteiger partial charge in [0.1, 0.15) is 11.4 Å². The first-order valence-electron chi connectivity index (χ1n) is 9.03. The minimum atomic E-state index is -0.678. The van der Waals surface area contributed by atoms with Crippen molar-refractivity contribution in [3.8, 4) is 0 Å². The summed E-state index contributed by atoms with van der Waals surface area (Å²) in [4.78, 5) is 15.4. The van der Waals surface area contributed by atoms with Crippen LogP contribution in [0, 0.1) is 12.2 Å². The number of nitrogens with zero attached hydrogens (tertiary/aromatic N) is 1. The molecule has 3 rings (SSSR count). The zero-order valence-corrected chi connectivity index (χ0v) is 15.4. The molecule has 1 amide bonds. The monoisotopic (exact) mass is 366 g/mol. The molecule has 0 aromatic heterocycles. The van der Waals surface area contributed by atoms with Gasteiger partial charge in [-0.3, -0.25) is 4.79 Å². The van der Waals surface area contributed by atoms with Crippen LogP contribution in [0.1, 0.15) is 38.5 Å². The number of likely N-dealkylation sites (tertiary alicyclic amines) is 1. The summed E-state index contributed by atoms with van der Waals surface area (Å²) in [5.41, 5.74) is 0.00295. The van der Waals surface area contributed by atoms with Crippen molar-refractivity contribution in [3.63, 3.8) is 0 Å². The lowest BCUT2D eigenvalue weighted by Gasteiger charge is -2.39. The summed E-state index contributed by atoms with van der Waals surface area (Å²) in [5.74, 6) is -0.411. The number of carbonyl (C=O) groups excluding carboxylic acids is 1. The molecule has 1 aliphatic carbocycles. The van der Waals surface area contributed by atoms with Gasteiger partial charge in [-0.1, -0.05) is 18.0 Å². The molecule has 2 N–H and O–H groups in total. The Balaban J connectivity index is 1.73. The number of halogens is 2. The van der Waals surface area contributed by atoms with Crippen molar-refractivity contribution in [2.45, 2.75) is 50.1 Å². The van der Waals surface area contributed by atoms with Gasteiger partial charge in [0.2, 0.25) is 5.91 Å². The Bertz CT molecular complexity index is 611. The number of carbonyl (C=O) groups is 1. The van der Waals surface area contributed by atoms with Gasteiger partial charge in [0.15, 0.2) is 0 Å². The van der Waals surface area contributed by atoms with Crippen LogP contribution >= 0.6 is 11.6 Å². The second-order valence-electron chi connectivity index (χ2n) is 7.27. The third-order valence-corrected chi connectivity index (χ3v) is 5.59. The Morgan fingerprint density at radius 3 is 2.76 bits per heavy atom. The van der Waals surface area contributed by atoms with E-state index in [-0.39, 0.29) is 17.0 Å². The molecule has 137 valence electrons. The van der Waals surface area contributed by atoms with Gasteiger partial charge in [0, 0.05) is 11.7 Å². The van der Waals surface area contributed by atoms with Crippen molar-refractivity contribution in [3.05, 3.63) is 35.5 Å². The molecule has 1 radical (unpaired) electrons. The molecule has 1 unspecified atom stereocenters. The summed E-state index contributed by atoms with van der Waals surface area (Å²) in [6.07, 6.45) is 7.53. The van der Waals surface area contributed by atoms with Crippen molar-refractivity contribution < 1.29 is 9.18 Å². The molecule has 2 fully saturated rings. The zero-order chi connectivity index (χ0) is 17.9. The summed E-state index contributed by atoms with van der Waals surface area (Å²) in [6, 6.07) is 4.75. The van der Waals surface area contributed by atoms with Crippen LogP contribution in [0.5, 0.6) is 0 Å². The second-order valence-corrected chi connectivity index (χ2v) is 7.68. The number of amides is 1. The van der Waals surface area contributed by atoms with Crippen LogP contribution in [0.3, 0.4) is 0 Å². The molecule has 0 spiro atoms. The molecular formula is C19H26ClFN3O. The maximum Gasteiger partial charge on any atom is 0.245 e. The van der Waals surface area contributed by atoms with E-state index in [0.29, 0.717) is 12.1 Å². The first kappa shape index (κ1) is 18.5. The van der Waals surface area contributed by atoms with Gasteiger partial charge in [0.05, 0.1) is 5.02 Å². The molecule has 1 atom stereocenters. The highest BCUT2D eigenvalue weighted by atomic mass is 35.5. The van der Waals surface area contributed by atoms with E-state index in [2.05, 4.69) is 29.0 Å². The van der Waals surface area contributed by atoms with E-state index in [1.165, 1.54) is 6.07 Å². The largest absolute Gasteiger partial charge is 0.371 e. The molecule has 0 bridgehead atoms. The maximum absolute atomic E-state index is 13.4. The van der Waals surface area contributed by atoms with E-state index in [1.54, 1.807) is 12.1 Å². The Kier molecular flexibility index (Phi) is 5.85. The SMILES string of the molecule is CN1CCC(NC(=O)C2(Nc3ccc(F)c(Cl)c3)C[CH]CCC2)CC1. The second kappa shape index (κ2) is 7.92. The number of benzene rings is 1. The fourth-order valence-corrected chi connectivity index (χ4v) is 3.88. The van der Waals surface area contributed by atoms with Gasteiger partial charge >= 0.3 is 0 Å². The molecule has 2 aliphatic rings. The van der Waals surface area contributed by atoms with Crippen LogP contribution in [-0.2, 0) is 4.79 Å². The highest BCUT2D eigenvalue weighted by Gasteiger charge is 2.40. The highest BCUT2D eigenvalue weighted by molar-refractivity contribution is 6.31. The molecule has 1 aromatic carbocycles. The highest BCUT2D eigenvalue weighted by Crippen LogP contribution is 2.33. The molecule has 1 saturated heterocycles. The average molecular weight is 367 g/mol. The lowest BCUT2D eigenvalue weighted by molar-refractivity contribution is -0.127. The summed E-state index contributed by atoms with van der Waals surface area (Å²) in [7, 11) is 2.11. The number of anilines is 1. The first-order valence-corrected chi connectivity index (χ1v) is 9.41. The third-order valence-electron chi connectivity index (χ3n) is 5.30. The van der Waals surface area contributed by atoms with Gasteiger partial charge in [-0.25, -0.2) is 4.39 Å². The summed E-state index contributed by atoms with van der Waals surface area (Å²) < 4.78 is 13.4. The first-order chi connectivity index (χ1) is 12.0. The lowest BCUT2D eigenvalue weighted by Crippen LogP contribution is -2.57. The predicted molar refractivity (Wildman–Crippen MR) is 99.2 cm³/mol. The molecule has 25 heavy (non-hydrogen) atoms. The van der Waals surface area contributed by atoms with Gasteiger partial charge in [-0.15, -0.1) is 0 Å². The number of rotatable bonds is 4. The Hall–Kier alpha value is -1.33. The van der Waals surface area contributed by atoms with Crippen LogP contribution in [0.4, 0.5) is 10.1 Å². The van der Waals surface area contributed by atoms with Gasteiger partial charge in [-0.05, 0) is 76.9 Å². The Labute approximate surface area is 154 Å². The molecule has 1 heterocycles. The third kappa shape index (κ3) is 4.45. The minimum Gasteiger partial charge on any atom is -0.371 e.